The van der Waals surface area contributed by atoms with E-state index in [4.69, 9.17) is 40.5 Å². The van der Waals surface area contributed by atoms with Crippen LogP contribution in [0.5, 0.6) is 0 Å². The van der Waals surface area contributed by atoms with E-state index in [0.29, 0.717) is 33.7 Å². The van der Waals surface area contributed by atoms with Crippen molar-refractivity contribution >= 4 is 51.6 Å². The van der Waals surface area contributed by atoms with E-state index >= 15 is 0 Å². The van der Waals surface area contributed by atoms with E-state index in [9.17, 15) is 4.79 Å². The SMILES string of the molecule is NC(C(=O)N1CCc2c([nH]c3ccc(Cl)cc23)C1)c1ccc(Cl)cc1Cl. The minimum atomic E-state index is -0.819. The Kier molecular flexibility index (Phi) is 4.61. The summed E-state index contributed by atoms with van der Waals surface area (Å²) in [6.45, 7) is 1.09. The number of aromatic nitrogens is 1. The molecule has 1 aromatic heterocycles. The van der Waals surface area contributed by atoms with Crippen LogP contribution in [0.25, 0.3) is 10.9 Å². The molecule has 0 saturated carbocycles. The molecule has 4 rings (SSSR count). The Hall–Kier alpha value is -1.72. The molecule has 2 heterocycles. The number of amides is 1. The fourth-order valence-corrected chi connectivity index (χ4v) is 4.18. The van der Waals surface area contributed by atoms with E-state index in [1.54, 1.807) is 23.1 Å². The highest BCUT2D eigenvalue weighted by molar-refractivity contribution is 6.35. The van der Waals surface area contributed by atoms with Crippen LogP contribution in [0.4, 0.5) is 0 Å². The van der Waals surface area contributed by atoms with Crippen LogP contribution in [0.3, 0.4) is 0 Å². The zero-order chi connectivity index (χ0) is 18.4. The molecule has 0 saturated heterocycles. The Balaban J connectivity index is 1.60. The van der Waals surface area contributed by atoms with Crippen LogP contribution in [-0.2, 0) is 17.8 Å². The fourth-order valence-electron chi connectivity index (χ4n) is 3.48. The average Bonchev–Trinajstić information content (AvgIpc) is 2.97. The van der Waals surface area contributed by atoms with Crippen molar-refractivity contribution < 1.29 is 4.79 Å². The summed E-state index contributed by atoms with van der Waals surface area (Å²) in [5, 5.41) is 2.73. The van der Waals surface area contributed by atoms with Gasteiger partial charge in [0.05, 0.1) is 6.54 Å². The maximum atomic E-state index is 12.9. The van der Waals surface area contributed by atoms with Crippen molar-refractivity contribution in [3.63, 3.8) is 0 Å². The number of hydrogen-bond donors (Lipinski definition) is 2. The summed E-state index contributed by atoms with van der Waals surface area (Å²) in [7, 11) is 0. The minimum Gasteiger partial charge on any atom is -0.357 e. The molecule has 0 fully saturated rings. The Morgan fingerprint density at radius 3 is 2.62 bits per heavy atom. The van der Waals surface area contributed by atoms with Gasteiger partial charge < -0.3 is 15.6 Å². The molecule has 0 aliphatic carbocycles. The van der Waals surface area contributed by atoms with Crippen molar-refractivity contribution in [2.24, 2.45) is 5.73 Å². The van der Waals surface area contributed by atoms with Gasteiger partial charge in [-0.3, -0.25) is 4.79 Å². The van der Waals surface area contributed by atoms with Gasteiger partial charge in [-0.05, 0) is 47.9 Å². The number of benzene rings is 2. The predicted molar refractivity (Wildman–Crippen MR) is 106 cm³/mol. The fraction of sp³-hybridized carbons (Fsp3) is 0.211. The van der Waals surface area contributed by atoms with Gasteiger partial charge in [-0.15, -0.1) is 0 Å². The molecule has 4 nitrogen and oxygen atoms in total. The molecule has 3 N–H and O–H groups in total. The van der Waals surface area contributed by atoms with Crippen molar-refractivity contribution in [1.82, 2.24) is 9.88 Å². The summed E-state index contributed by atoms with van der Waals surface area (Å²) < 4.78 is 0. The number of aromatic amines is 1. The number of nitrogens with zero attached hydrogens (tertiary/aromatic N) is 1. The summed E-state index contributed by atoms with van der Waals surface area (Å²) in [5.41, 5.74) is 10.0. The maximum Gasteiger partial charge on any atom is 0.244 e. The second-order valence-electron chi connectivity index (χ2n) is 6.43. The molecule has 0 radical (unpaired) electrons. The minimum absolute atomic E-state index is 0.156. The molecule has 1 atom stereocenters. The highest BCUT2D eigenvalue weighted by atomic mass is 35.5. The lowest BCUT2D eigenvalue weighted by Gasteiger charge is -2.29. The molecule has 26 heavy (non-hydrogen) atoms. The van der Waals surface area contributed by atoms with Crippen LogP contribution in [0, 0.1) is 0 Å². The van der Waals surface area contributed by atoms with Crippen LogP contribution < -0.4 is 5.73 Å². The topological polar surface area (TPSA) is 62.1 Å². The normalized spacial score (nSPS) is 15.2. The van der Waals surface area contributed by atoms with Gasteiger partial charge in [0.25, 0.3) is 0 Å². The Morgan fingerprint density at radius 1 is 1.12 bits per heavy atom. The largest absolute Gasteiger partial charge is 0.357 e. The van der Waals surface area contributed by atoms with Gasteiger partial charge >= 0.3 is 0 Å². The van der Waals surface area contributed by atoms with Crippen LogP contribution in [0.2, 0.25) is 15.1 Å². The molecule has 1 aliphatic rings. The van der Waals surface area contributed by atoms with Gasteiger partial charge in [0.2, 0.25) is 5.91 Å². The second kappa shape index (κ2) is 6.78. The molecule has 3 aromatic rings. The van der Waals surface area contributed by atoms with Crippen molar-refractivity contribution in [3.05, 3.63) is 68.3 Å². The Bertz CT molecular complexity index is 1010. The second-order valence-corrected chi connectivity index (χ2v) is 7.71. The van der Waals surface area contributed by atoms with E-state index < -0.39 is 6.04 Å². The third kappa shape index (κ3) is 3.08. The van der Waals surface area contributed by atoms with Crippen molar-refractivity contribution in [3.8, 4) is 0 Å². The first-order valence-electron chi connectivity index (χ1n) is 8.22. The smallest absolute Gasteiger partial charge is 0.244 e. The van der Waals surface area contributed by atoms with Gasteiger partial charge in [-0.25, -0.2) is 0 Å². The number of carbonyl (C=O) groups is 1. The van der Waals surface area contributed by atoms with Crippen LogP contribution >= 0.6 is 34.8 Å². The number of nitrogens with one attached hydrogen (secondary N) is 1. The number of nitrogens with two attached hydrogens (primary N) is 1. The maximum absolute atomic E-state index is 12.9. The highest BCUT2D eigenvalue weighted by Gasteiger charge is 2.29. The average molecular weight is 409 g/mol. The summed E-state index contributed by atoms with van der Waals surface area (Å²) in [6.07, 6.45) is 0.752. The molecule has 1 unspecified atom stereocenters. The van der Waals surface area contributed by atoms with Crippen LogP contribution in [-0.4, -0.2) is 22.3 Å². The molecule has 0 spiro atoms. The Morgan fingerprint density at radius 2 is 1.85 bits per heavy atom. The molecule has 2 aromatic carbocycles. The van der Waals surface area contributed by atoms with Gasteiger partial charge in [-0.2, -0.15) is 0 Å². The summed E-state index contributed by atoms with van der Waals surface area (Å²) in [4.78, 5) is 18.0. The first-order valence-corrected chi connectivity index (χ1v) is 9.35. The van der Waals surface area contributed by atoms with Crippen LogP contribution in [0.15, 0.2) is 36.4 Å². The van der Waals surface area contributed by atoms with Gasteiger partial charge in [0.15, 0.2) is 0 Å². The number of carbonyl (C=O) groups excluding carboxylic acids is 1. The lowest BCUT2D eigenvalue weighted by atomic mass is 10.0. The number of rotatable bonds is 2. The van der Waals surface area contributed by atoms with E-state index in [1.807, 2.05) is 18.2 Å². The first-order chi connectivity index (χ1) is 12.4. The van der Waals surface area contributed by atoms with Gasteiger partial charge in [0, 0.05) is 38.2 Å². The number of H-pyrrole nitrogens is 1. The molecular formula is C19H16Cl3N3O. The third-order valence-corrected chi connectivity index (χ3v) is 5.61. The highest BCUT2D eigenvalue weighted by Crippen LogP contribution is 2.31. The molecule has 0 bridgehead atoms. The lowest BCUT2D eigenvalue weighted by Crippen LogP contribution is -2.41. The molecule has 7 heteroatoms. The molecule has 1 aliphatic heterocycles. The zero-order valence-electron chi connectivity index (χ0n) is 13.7. The molecular weight excluding hydrogens is 393 g/mol. The van der Waals surface area contributed by atoms with E-state index in [-0.39, 0.29) is 5.91 Å². The Labute approximate surface area is 165 Å². The summed E-state index contributed by atoms with van der Waals surface area (Å²) in [5.74, 6) is -0.156. The van der Waals surface area contributed by atoms with Gasteiger partial charge in [0.1, 0.15) is 6.04 Å². The predicted octanol–water partition coefficient (Wildman–Crippen LogP) is 4.71. The first kappa shape index (κ1) is 17.7. The lowest BCUT2D eigenvalue weighted by molar-refractivity contribution is -0.133. The van der Waals surface area contributed by atoms with Crippen molar-refractivity contribution in [1.29, 1.82) is 0 Å². The van der Waals surface area contributed by atoms with Crippen LogP contribution in [0.1, 0.15) is 22.9 Å². The number of halogens is 3. The quantitative estimate of drug-likeness (QED) is 0.645. The van der Waals surface area contributed by atoms with Gasteiger partial charge in [-0.1, -0.05) is 40.9 Å². The molecule has 1 amide bonds. The van der Waals surface area contributed by atoms with E-state index in [1.165, 1.54) is 5.56 Å². The van der Waals surface area contributed by atoms with E-state index in [0.717, 1.165) is 23.0 Å². The number of fused-ring (bicyclic) bond motifs is 3. The zero-order valence-corrected chi connectivity index (χ0v) is 16.0. The third-order valence-electron chi connectivity index (χ3n) is 4.81. The van der Waals surface area contributed by atoms with Crippen molar-refractivity contribution in [2.75, 3.05) is 6.54 Å². The summed E-state index contributed by atoms with van der Waals surface area (Å²) >= 11 is 18.2. The van der Waals surface area contributed by atoms with Crippen molar-refractivity contribution in [2.45, 2.75) is 19.0 Å². The summed E-state index contributed by atoms with van der Waals surface area (Å²) in [6, 6.07) is 9.94. The standard InChI is InChI=1S/C19H16Cl3N3O/c20-10-2-4-16-14(7-10)12-5-6-25(9-17(12)24-16)19(26)18(23)13-3-1-11(21)8-15(13)22/h1-4,7-8,18,24H,5-6,9,23H2. The monoisotopic (exact) mass is 407 g/mol. The number of hydrogen-bond acceptors (Lipinski definition) is 2. The van der Waals surface area contributed by atoms with E-state index in [2.05, 4.69) is 4.98 Å². The molecule has 134 valence electrons.